The molecule has 1 unspecified atom stereocenters. The van der Waals surface area contributed by atoms with Crippen molar-refractivity contribution in [3.8, 4) is 0 Å². The van der Waals surface area contributed by atoms with E-state index < -0.39 is 0 Å². The molecule has 0 amide bonds. The van der Waals surface area contributed by atoms with E-state index in [0.717, 1.165) is 35.7 Å². The third-order valence-electron chi connectivity index (χ3n) is 2.85. The summed E-state index contributed by atoms with van der Waals surface area (Å²) in [5, 5.41) is 14.4. The first-order valence-electron chi connectivity index (χ1n) is 5.13. The molecule has 0 aromatic carbocycles. The van der Waals surface area contributed by atoms with Crippen molar-refractivity contribution in [3.05, 3.63) is 28.1 Å². The Bertz CT molecular complexity index is 409. The monoisotopic (exact) mass is 226 g/mol. The SMILES string of the molecule is Cc1nn(C)c(CC2=CC(O)CC2)c1Cl. The van der Waals surface area contributed by atoms with Gasteiger partial charge >= 0.3 is 0 Å². The highest BCUT2D eigenvalue weighted by Crippen LogP contribution is 2.27. The molecule has 1 heterocycles. The van der Waals surface area contributed by atoms with Crippen LogP contribution in [0.4, 0.5) is 0 Å². The molecule has 0 saturated heterocycles. The minimum absolute atomic E-state index is 0.270. The zero-order valence-electron chi connectivity index (χ0n) is 9.00. The number of aliphatic hydroxyl groups excluding tert-OH is 1. The minimum atomic E-state index is -0.270. The van der Waals surface area contributed by atoms with Crippen molar-refractivity contribution >= 4 is 11.6 Å². The molecule has 4 heteroatoms. The molecule has 1 aliphatic carbocycles. The molecule has 0 fully saturated rings. The van der Waals surface area contributed by atoms with Gasteiger partial charge in [-0.25, -0.2) is 0 Å². The van der Waals surface area contributed by atoms with Crippen molar-refractivity contribution in [2.45, 2.75) is 32.3 Å². The molecule has 0 spiro atoms. The van der Waals surface area contributed by atoms with Crippen molar-refractivity contribution in [2.75, 3.05) is 0 Å². The van der Waals surface area contributed by atoms with Gasteiger partial charge in [-0.05, 0) is 19.8 Å². The van der Waals surface area contributed by atoms with E-state index >= 15 is 0 Å². The largest absolute Gasteiger partial charge is 0.389 e. The maximum Gasteiger partial charge on any atom is 0.0850 e. The summed E-state index contributed by atoms with van der Waals surface area (Å²) in [7, 11) is 1.90. The Kier molecular flexibility index (Phi) is 2.85. The molecule has 3 nitrogen and oxygen atoms in total. The lowest BCUT2D eigenvalue weighted by atomic mass is 10.1. The highest BCUT2D eigenvalue weighted by molar-refractivity contribution is 6.31. The van der Waals surface area contributed by atoms with E-state index in [2.05, 4.69) is 5.10 Å². The van der Waals surface area contributed by atoms with Crippen LogP contribution < -0.4 is 0 Å². The van der Waals surface area contributed by atoms with Gasteiger partial charge in [-0.3, -0.25) is 4.68 Å². The van der Waals surface area contributed by atoms with E-state index in [1.165, 1.54) is 5.57 Å². The first kappa shape index (κ1) is 10.7. The van der Waals surface area contributed by atoms with E-state index in [4.69, 9.17) is 11.6 Å². The molecule has 0 aliphatic heterocycles. The standard InChI is InChI=1S/C11H15ClN2O/c1-7-11(12)10(14(2)13-7)6-8-3-4-9(15)5-8/h5,9,15H,3-4,6H2,1-2H3. The van der Waals surface area contributed by atoms with E-state index in [1.807, 2.05) is 24.7 Å². The number of aryl methyl sites for hydroxylation is 2. The summed E-state index contributed by atoms with van der Waals surface area (Å²) in [5.41, 5.74) is 3.16. The van der Waals surface area contributed by atoms with Gasteiger partial charge in [0, 0.05) is 13.5 Å². The summed E-state index contributed by atoms with van der Waals surface area (Å²) in [6.45, 7) is 1.91. The van der Waals surface area contributed by atoms with Crippen LogP contribution in [0.1, 0.15) is 24.2 Å². The maximum absolute atomic E-state index is 9.39. The van der Waals surface area contributed by atoms with E-state index in [1.54, 1.807) is 0 Å². The first-order chi connectivity index (χ1) is 7.08. The van der Waals surface area contributed by atoms with Gasteiger partial charge in [-0.2, -0.15) is 5.10 Å². The highest BCUT2D eigenvalue weighted by atomic mass is 35.5. The second-order valence-corrected chi connectivity index (χ2v) is 4.46. The van der Waals surface area contributed by atoms with Crippen molar-refractivity contribution in [1.29, 1.82) is 0 Å². The Morgan fingerprint density at radius 1 is 1.67 bits per heavy atom. The summed E-state index contributed by atoms with van der Waals surface area (Å²) < 4.78 is 1.82. The zero-order chi connectivity index (χ0) is 11.0. The normalized spacial score (nSPS) is 20.8. The van der Waals surface area contributed by atoms with Gasteiger partial charge in [0.25, 0.3) is 0 Å². The molecule has 82 valence electrons. The lowest BCUT2D eigenvalue weighted by Crippen LogP contribution is -1.99. The Balaban J connectivity index is 2.21. The minimum Gasteiger partial charge on any atom is -0.389 e. The smallest absolute Gasteiger partial charge is 0.0850 e. The molecule has 0 bridgehead atoms. The van der Waals surface area contributed by atoms with Gasteiger partial charge in [-0.1, -0.05) is 23.3 Å². The van der Waals surface area contributed by atoms with Crippen LogP contribution in [0.3, 0.4) is 0 Å². The Morgan fingerprint density at radius 3 is 2.87 bits per heavy atom. The summed E-state index contributed by atoms with van der Waals surface area (Å²) in [6.07, 6.45) is 4.25. The van der Waals surface area contributed by atoms with Crippen molar-refractivity contribution in [1.82, 2.24) is 9.78 Å². The molecular formula is C11H15ClN2O. The average molecular weight is 227 g/mol. The average Bonchev–Trinajstić information content (AvgIpc) is 2.67. The second kappa shape index (κ2) is 3.99. The van der Waals surface area contributed by atoms with Crippen molar-refractivity contribution in [2.24, 2.45) is 7.05 Å². The molecule has 1 aromatic heterocycles. The van der Waals surface area contributed by atoms with Crippen LogP contribution in [0.25, 0.3) is 0 Å². The number of allylic oxidation sites excluding steroid dienone is 1. The third kappa shape index (κ3) is 2.08. The highest BCUT2D eigenvalue weighted by Gasteiger charge is 2.17. The van der Waals surface area contributed by atoms with Crippen LogP contribution in [0, 0.1) is 6.92 Å². The van der Waals surface area contributed by atoms with Crippen LogP contribution in [0.15, 0.2) is 11.6 Å². The number of halogens is 1. The number of aliphatic hydroxyl groups is 1. The number of hydrogen-bond donors (Lipinski definition) is 1. The summed E-state index contributed by atoms with van der Waals surface area (Å²) in [5.74, 6) is 0. The predicted octanol–water partition coefficient (Wildman–Crippen LogP) is 2.01. The topological polar surface area (TPSA) is 38.0 Å². The van der Waals surface area contributed by atoms with Crippen molar-refractivity contribution in [3.63, 3.8) is 0 Å². The van der Waals surface area contributed by atoms with Gasteiger partial charge < -0.3 is 5.11 Å². The first-order valence-corrected chi connectivity index (χ1v) is 5.51. The molecule has 0 radical (unpaired) electrons. The Morgan fingerprint density at radius 2 is 2.40 bits per heavy atom. The molecule has 1 aromatic rings. The number of nitrogens with zero attached hydrogens (tertiary/aromatic N) is 2. The molecule has 1 aliphatic rings. The number of hydrogen-bond acceptors (Lipinski definition) is 2. The Labute approximate surface area is 94.4 Å². The van der Waals surface area contributed by atoms with Gasteiger partial charge in [0.1, 0.15) is 0 Å². The number of aromatic nitrogens is 2. The van der Waals surface area contributed by atoms with Gasteiger partial charge in [0.15, 0.2) is 0 Å². The molecular weight excluding hydrogens is 212 g/mol. The van der Waals surface area contributed by atoms with Gasteiger partial charge in [-0.15, -0.1) is 0 Å². The third-order valence-corrected chi connectivity index (χ3v) is 3.34. The lowest BCUT2D eigenvalue weighted by molar-refractivity contribution is 0.223. The molecule has 15 heavy (non-hydrogen) atoms. The van der Waals surface area contributed by atoms with Crippen LogP contribution in [-0.4, -0.2) is 21.0 Å². The molecule has 2 rings (SSSR count). The fraction of sp³-hybridized carbons (Fsp3) is 0.545. The van der Waals surface area contributed by atoms with Crippen molar-refractivity contribution < 1.29 is 5.11 Å². The fourth-order valence-electron chi connectivity index (χ4n) is 2.01. The number of rotatable bonds is 2. The predicted molar refractivity (Wildman–Crippen MR) is 60.0 cm³/mol. The summed E-state index contributed by atoms with van der Waals surface area (Å²) >= 11 is 6.16. The Hall–Kier alpha value is -0.800. The molecule has 1 N–H and O–H groups in total. The summed E-state index contributed by atoms with van der Waals surface area (Å²) in [6, 6.07) is 0. The van der Waals surface area contributed by atoms with E-state index in [-0.39, 0.29) is 6.10 Å². The molecule has 0 saturated carbocycles. The van der Waals surface area contributed by atoms with Gasteiger partial charge in [0.2, 0.25) is 0 Å². The van der Waals surface area contributed by atoms with Crippen LogP contribution in [0.2, 0.25) is 5.02 Å². The van der Waals surface area contributed by atoms with Crippen LogP contribution >= 0.6 is 11.6 Å². The van der Waals surface area contributed by atoms with Crippen LogP contribution in [-0.2, 0) is 13.5 Å². The fourth-order valence-corrected chi connectivity index (χ4v) is 2.23. The summed E-state index contributed by atoms with van der Waals surface area (Å²) in [4.78, 5) is 0. The quantitative estimate of drug-likeness (QED) is 0.784. The zero-order valence-corrected chi connectivity index (χ0v) is 9.75. The van der Waals surface area contributed by atoms with Crippen LogP contribution in [0.5, 0.6) is 0 Å². The van der Waals surface area contributed by atoms with E-state index in [0.29, 0.717) is 0 Å². The molecule has 1 atom stereocenters. The second-order valence-electron chi connectivity index (χ2n) is 4.08. The van der Waals surface area contributed by atoms with E-state index in [9.17, 15) is 5.11 Å². The van der Waals surface area contributed by atoms with Gasteiger partial charge in [0.05, 0.1) is 22.5 Å². The maximum atomic E-state index is 9.39. The lowest BCUT2D eigenvalue weighted by Gasteiger charge is -2.03.